The summed E-state index contributed by atoms with van der Waals surface area (Å²) in [5, 5.41) is 3.76. The smallest absolute Gasteiger partial charge is 0.408 e. The molecule has 3 rings (SSSR count). The van der Waals surface area contributed by atoms with Gasteiger partial charge in [-0.2, -0.15) is 0 Å². The van der Waals surface area contributed by atoms with Crippen molar-refractivity contribution in [3.8, 4) is 0 Å². The van der Waals surface area contributed by atoms with Crippen molar-refractivity contribution in [1.82, 2.24) is 14.8 Å². The van der Waals surface area contributed by atoms with Crippen molar-refractivity contribution in [2.24, 2.45) is 0 Å². The maximum Gasteiger partial charge on any atom is 0.419 e. The lowest BCUT2D eigenvalue weighted by molar-refractivity contribution is -0.134. The molecule has 0 spiro atoms. The Kier molecular flexibility index (Phi) is 5.73. The molecule has 6 nitrogen and oxygen atoms in total. The number of oxazole rings is 1. The molecular weight excluding hydrogens is 341 g/mol. The summed E-state index contributed by atoms with van der Waals surface area (Å²) < 4.78 is 6.65. The van der Waals surface area contributed by atoms with E-state index in [1.165, 1.54) is 4.57 Å². The average molecular weight is 360 g/mol. The van der Waals surface area contributed by atoms with Crippen molar-refractivity contribution in [1.29, 1.82) is 0 Å². The highest BCUT2D eigenvalue weighted by molar-refractivity contribution is 6.31. The second kappa shape index (κ2) is 7.38. The molecule has 0 aliphatic carbocycles. The van der Waals surface area contributed by atoms with Gasteiger partial charge in [0.2, 0.25) is 5.91 Å². The third-order valence-corrected chi connectivity index (χ3v) is 4.24. The lowest BCUT2D eigenvalue weighted by Gasteiger charge is -2.34. The van der Waals surface area contributed by atoms with E-state index in [1.807, 2.05) is 11.8 Å². The molecule has 1 aliphatic rings. The lowest BCUT2D eigenvalue weighted by Crippen LogP contribution is -2.52. The van der Waals surface area contributed by atoms with Crippen molar-refractivity contribution >= 4 is 41.0 Å². The van der Waals surface area contributed by atoms with Crippen LogP contribution < -0.4 is 11.1 Å². The summed E-state index contributed by atoms with van der Waals surface area (Å²) in [6, 6.07) is 5.23. The SMILES string of the molecule is C[C@H]1CNCCN1C(=O)CCn1c(=O)oc2cc(Cl)ccc21.Cl. The molecule has 1 aromatic heterocycles. The standard InChI is InChI=1S/C15H18ClN3O3.ClH/c1-10-9-17-5-7-18(10)14(20)4-6-19-12-3-2-11(16)8-13(12)22-15(19)21;/h2-3,8,10,17H,4-7,9H2,1H3;1H/t10-;/m0./s1. The minimum absolute atomic E-state index is 0. The minimum atomic E-state index is -0.460. The number of halogens is 2. The molecule has 0 saturated carbocycles. The zero-order valence-electron chi connectivity index (χ0n) is 12.8. The predicted octanol–water partition coefficient (Wildman–Crippen LogP) is 1.88. The molecule has 0 radical (unpaired) electrons. The number of hydrogen-bond acceptors (Lipinski definition) is 4. The normalized spacial score (nSPS) is 18.0. The number of aromatic nitrogens is 1. The molecule has 0 unspecified atom stereocenters. The second-order valence-corrected chi connectivity index (χ2v) is 5.96. The molecule has 126 valence electrons. The van der Waals surface area contributed by atoms with Crippen LogP contribution in [0.25, 0.3) is 11.1 Å². The fourth-order valence-corrected chi connectivity index (χ4v) is 2.98. The van der Waals surface area contributed by atoms with Gasteiger partial charge in [-0.25, -0.2) is 4.79 Å². The topological polar surface area (TPSA) is 67.5 Å². The molecular formula is C15H19Cl2N3O3. The highest BCUT2D eigenvalue weighted by Crippen LogP contribution is 2.18. The fraction of sp³-hybridized carbons (Fsp3) is 0.467. The van der Waals surface area contributed by atoms with Gasteiger partial charge in [-0.05, 0) is 19.1 Å². The molecule has 1 fully saturated rings. The number of fused-ring (bicyclic) bond motifs is 1. The first-order chi connectivity index (χ1) is 10.6. The highest BCUT2D eigenvalue weighted by Gasteiger charge is 2.23. The highest BCUT2D eigenvalue weighted by atomic mass is 35.5. The van der Waals surface area contributed by atoms with E-state index < -0.39 is 5.76 Å². The molecule has 1 atom stereocenters. The van der Waals surface area contributed by atoms with Crippen LogP contribution in [0.5, 0.6) is 0 Å². The van der Waals surface area contributed by atoms with Gasteiger partial charge < -0.3 is 14.6 Å². The van der Waals surface area contributed by atoms with Crippen molar-refractivity contribution in [3.05, 3.63) is 33.8 Å². The first kappa shape index (κ1) is 17.8. The minimum Gasteiger partial charge on any atom is -0.408 e. The Hall–Kier alpha value is -1.50. The summed E-state index contributed by atoms with van der Waals surface area (Å²) in [6.45, 7) is 4.65. The van der Waals surface area contributed by atoms with E-state index in [1.54, 1.807) is 18.2 Å². The zero-order chi connectivity index (χ0) is 15.7. The lowest BCUT2D eigenvalue weighted by atomic mass is 10.2. The molecule has 2 heterocycles. The van der Waals surface area contributed by atoms with Gasteiger partial charge in [0, 0.05) is 49.7 Å². The van der Waals surface area contributed by atoms with Gasteiger partial charge in [0.25, 0.3) is 0 Å². The van der Waals surface area contributed by atoms with E-state index in [-0.39, 0.29) is 30.8 Å². The van der Waals surface area contributed by atoms with Crippen LogP contribution in [0.2, 0.25) is 5.02 Å². The van der Waals surface area contributed by atoms with E-state index in [0.29, 0.717) is 29.2 Å². The Morgan fingerprint density at radius 2 is 2.26 bits per heavy atom. The van der Waals surface area contributed by atoms with Gasteiger partial charge in [0.15, 0.2) is 5.58 Å². The Balaban J connectivity index is 0.00000192. The monoisotopic (exact) mass is 359 g/mol. The van der Waals surface area contributed by atoms with Gasteiger partial charge >= 0.3 is 5.76 Å². The molecule has 1 saturated heterocycles. The van der Waals surface area contributed by atoms with Gasteiger partial charge in [0.05, 0.1) is 5.52 Å². The van der Waals surface area contributed by atoms with E-state index in [9.17, 15) is 9.59 Å². The first-order valence-corrected chi connectivity index (χ1v) is 7.73. The average Bonchev–Trinajstić information content (AvgIpc) is 2.79. The fourth-order valence-electron chi connectivity index (χ4n) is 2.81. The number of carbonyl (C=O) groups is 1. The number of carbonyl (C=O) groups excluding carboxylic acids is 1. The molecule has 1 aromatic carbocycles. The van der Waals surface area contributed by atoms with Gasteiger partial charge in [-0.1, -0.05) is 11.6 Å². The van der Waals surface area contributed by atoms with Crippen molar-refractivity contribution in [2.45, 2.75) is 25.9 Å². The van der Waals surface area contributed by atoms with Gasteiger partial charge in [-0.15, -0.1) is 12.4 Å². The van der Waals surface area contributed by atoms with Gasteiger partial charge in [0.1, 0.15) is 0 Å². The molecule has 1 N–H and O–H groups in total. The third kappa shape index (κ3) is 3.71. The van der Waals surface area contributed by atoms with Crippen molar-refractivity contribution in [3.63, 3.8) is 0 Å². The van der Waals surface area contributed by atoms with Gasteiger partial charge in [-0.3, -0.25) is 9.36 Å². The summed E-state index contributed by atoms with van der Waals surface area (Å²) in [5.41, 5.74) is 1.11. The summed E-state index contributed by atoms with van der Waals surface area (Å²) in [6.07, 6.45) is 0.279. The second-order valence-electron chi connectivity index (χ2n) is 5.52. The number of piperazine rings is 1. The Morgan fingerprint density at radius 1 is 1.48 bits per heavy atom. The van der Waals surface area contributed by atoms with Crippen LogP contribution in [0.15, 0.2) is 27.4 Å². The maximum atomic E-state index is 12.3. The molecule has 1 aliphatic heterocycles. The van der Waals surface area contributed by atoms with Crippen LogP contribution in [0.3, 0.4) is 0 Å². The van der Waals surface area contributed by atoms with E-state index in [2.05, 4.69) is 5.32 Å². The Labute approximate surface area is 144 Å². The van der Waals surface area contributed by atoms with Crippen LogP contribution in [0, 0.1) is 0 Å². The molecule has 1 amide bonds. The molecule has 23 heavy (non-hydrogen) atoms. The number of aryl methyl sites for hydroxylation is 1. The first-order valence-electron chi connectivity index (χ1n) is 7.35. The molecule has 2 aromatic rings. The number of amides is 1. The predicted molar refractivity (Wildman–Crippen MR) is 91.4 cm³/mol. The molecule has 0 bridgehead atoms. The number of nitrogens with one attached hydrogen (secondary N) is 1. The zero-order valence-corrected chi connectivity index (χ0v) is 14.3. The number of rotatable bonds is 3. The van der Waals surface area contributed by atoms with E-state index >= 15 is 0 Å². The summed E-state index contributed by atoms with van der Waals surface area (Å²) in [4.78, 5) is 26.1. The number of nitrogens with zero attached hydrogens (tertiary/aromatic N) is 2. The molecule has 8 heteroatoms. The van der Waals surface area contributed by atoms with Crippen molar-refractivity contribution < 1.29 is 9.21 Å². The quantitative estimate of drug-likeness (QED) is 0.908. The number of benzene rings is 1. The third-order valence-electron chi connectivity index (χ3n) is 4.00. The summed E-state index contributed by atoms with van der Waals surface area (Å²) in [7, 11) is 0. The Bertz CT molecular complexity index is 756. The van der Waals surface area contributed by atoms with Crippen LogP contribution >= 0.6 is 24.0 Å². The van der Waals surface area contributed by atoms with E-state index in [4.69, 9.17) is 16.0 Å². The largest absolute Gasteiger partial charge is 0.419 e. The van der Waals surface area contributed by atoms with Crippen LogP contribution in [-0.2, 0) is 11.3 Å². The maximum absolute atomic E-state index is 12.3. The van der Waals surface area contributed by atoms with Crippen LogP contribution in [0.1, 0.15) is 13.3 Å². The summed E-state index contributed by atoms with van der Waals surface area (Å²) in [5.74, 6) is -0.400. The Morgan fingerprint density at radius 3 is 3.00 bits per heavy atom. The van der Waals surface area contributed by atoms with E-state index in [0.717, 1.165) is 13.1 Å². The van der Waals surface area contributed by atoms with Crippen LogP contribution in [-0.4, -0.2) is 41.1 Å². The number of hydrogen-bond donors (Lipinski definition) is 1. The van der Waals surface area contributed by atoms with Crippen LogP contribution in [0.4, 0.5) is 0 Å². The van der Waals surface area contributed by atoms with Crippen molar-refractivity contribution in [2.75, 3.05) is 19.6 Å². The summed E-state index contributed by atoms with van der Waals surface area (Å²) >= 11 is 5.89.